The number of esters is 1. The number of H-pyrrole nitrogens is 1. The highest BCUT2D eigenvalue weighted by Crippen LogP contribution is 2.31. The number of benzene rings is 1. The van der Waals surface area contributed by atoms with Gasteiger partial charge < -0.3 is 18.9 Å². The fraction of sp³-hybridized carbons (Fsp3) is 0.167. The van der Waals surface area contributed by atoms with Gasteiger partial charge in [-0.2, -0.15) is 0 Å². The first-order chi connectivity index (χ1) is 11.2. The number of aromatic nitrogens is 1. The Balaban J connectivity index is 2.07. The first-order valence-electron chi connectivity index (χ1n) is 7.31. The van der Waals surface area contributed by atoms with Gasteiger partial charge in [0.05, 0.1) is 25.7 Å². The number of methoxy groups -OCH3 is 1. The molecule has 1 N–H and O–H groups in total. The second kappa shape index (κ2) is 6.44. The zero-order chi connectivity index (χ0) is 16.2. The van der Waals surface area contributed by atoms with Crippen molar-refractivity contribution < 1.29 is 18.7 Å². The number of ether oxygens (including phenoxy) is 2. The van der Waals surface area contributed by atoms with Crippen molar-refractivity contribution in [3.05, 3.63) is 54.4 Å². The number of nitrogens with one attached hydrogen (secondary N) is 1. The minimum Gasteiger partial charge on any atom is -0.497 e. The van der Waals surface area contributed by atoms with E-state index in [0.717, 1.165) is 22.6 Å². The van der Waals surface area contributed by atoms with Gasteiger partial charge in [-0.3, -0.25) is 0 Å². The van der Waals surface area contributed by atoms with Crippen LogP contribution in [0.2, 0.25) is 0 Å². The molecule has 5 nitrogen and oxygen atoms in total. The van der Waals surface area contributed by atoms with Crippen LogP contribution in [0, 0.1) is 0 Å². The molecule has 0 aliphatic heterocycles. The van der Waals surface area contributed by atoms with E-state index in [1.807, 2.05) is 36.4 Å². The molecule has 0 unspecified atom stereocenters. The molecule has 0 aliphatic carbocycles. The fourth-order valence-electron chi connectivity index (χ4n) is 2.38. The molecule has 0 spiro atoms. The maximum atomic E-state index is 12.2. The predicted octanol–water partition coefficient (Wildman–Crippen LogP) is 4.13. The van der Waals surface area contributed by atoms with Crippen LogP contribution in [0.5, 0.6) is 5.75 Å². The Bertz CT molecular complexity index is 785. The summed E-state index contributed by atoms with van der Waals surface area (Å²) in [4.78, 5) is 15.3. The molecule has 118 valence electrons. The van der Waals surface area contributed by atoms with Crippen LogP contribution >= 0.6 is 0 Å². The van der Waals surface area contributed by atoms with E-state index in [2.05, 4.69) is 4.98 Å². The smallest absolute Gasteiger partial charge is 0.355 e. The molecule has 5 heteroatoms. The van der Waals surface area contributed by atoms with Crippen LogP contribution in [0.25, 0.3) is 22.6 Å². The Hall–Kier alpha value is -2.95. The van der Waals surface area contributed by atoms with Gasteiger partial charge in [-0.15, -0.1) is 0 Å². The lowest BCUT2D eigenvalue weighted by molar-refractivity contribution is 0.0521. The van der Waals surface area contributed by atoms with Crippen LogP contribution in [0.15, 0.2) is 53.1 Å². The third kappa shape index (κ3) is 2.99. The van der Waals surface area contributed by atoms with Crippen molar-refractivity contribution in [1.82, 2.24) is 4.98 Å². The Morgan fingerprint density at radius 2 is 2.00 bits per heavy atom. The maximum absolute atomic E-state index is 12.2. The van der Waals surface area contributed by atoms with E-state index in [4.69, 9.17) is 13.9 Å². The topological polar surface area (TPSA) is 64.5 Å². The van der Waals surface area contributed by atoms with Crippen molar-refractivity contribution in [3.8, 4) is 28.3 Å². The average molecular weight is 311 g/mol. The van der Waals surface area contributed by atoms with E-state index in [1.165, 1.54) is 0 Å². The highest BCUT2D eigenvalue weighted by Gasteiger charge is 2.19. The predicted molar refractivity (Wildman–Crippen MR) is 86.4 cm³/mol. The highest BCUT2D eigenvalue weighted by atomic mass is 16.5. The molecule has 0 saturated carbocycles. The van der Waals surface area contributed by atoms with Crippen molar-refractivity contribution in [2.45, 2.75) is 6.92 Å². The van der Waals surface area contributed by atoms with E-state index in [1.54, 1.807) is 26.4 Å². The molecule has 0 fully saturated rings. The Labute approximate surface area is 133 Å². The minimum absolute atomic E-state index is 0.315. The summed E-state index contributed by atoms with van der Waals surface area (Å²) in [5.74, 6) is 1.03. The van der Waals surface area contributed by atoms with Crippen molar-refractivity contribution in [2.24, 2.45) is 0 Å². The molecule has 0 atom stereocenters. The zero-order valence-electron chi connectivity index (χ0n) is 13.0. The molecule has 2 heterocycles. The molecule has 0 radical (unpaired) electrons. The third-order valence-corrected chi connectivity index (χ3v) is 3.48. The molecular formula is C18H17NO4. The molecule has 0 amide bonds. The van der Waals surface area contributed by atoms with Crippen LogP contribution in [-0.4, -0.2) is 24.7 Å². The number of carbonyl (C=O) groups excluding carboxylic acids is 1. The molecule has 2 aromatic heterocycles. The van der Waals surface area contributed by atoms with Gasteiger partial charge in [0, 0.05) is 5.56 Å². The fourth-order valence-corrected chi connectivity index (χ4v) is 2.38. The van der Waals surface area contributed by atoms with Crippen molar-refractivity contribution in [1.29, 1.82) is 0 Å². The lowest BCUT2D eigenvalue weighted by Crippen LogP contribution is -2.06. The summed E-state index contributed by atoms with van der Waals surface area (Å²) in [6.45, 7) is 2.09. The number of hydrogen-bond donors (Lipinski definition) is 1. The van der Waals surface area contributed by atoms with E-state index >= 15 is 0 Å². The molecule has 23 heavy (non-hydrogen) atoms. The van der Waals surface area contributed by atoms with Gasteiger partial charge in [0.2, 0.25) is 0 Å². The van der Waals surface area contributed by atoms with Crippen molar-refractivity contribution in [2.75, 3.05) is 13.7 Å². The average Bonchev–Trinajstić information content (AvgIpc) is 3.24. The molecule has 0 bridgehead atoms. The van der Waals surface area contributed by atoms with Gasteiger partial charge in [0.1, 0.15) is 17.2 Å². The summed E-state index contributed by atoms with van der Waals surface area (Å²) in [5.41, 5.74) is 2.78. The quantitative estimate of drug-likeness (QED) is 0.720. The first-order valence-corrected chi connectivity index (χ1v) is 7.31. The number of aromatic amines is 1. The lowest BCUT2D eigenvalue weighted by atomic mass is 10.1. The third-order valence-electron chi connectivity index (χ3n) is 3.48. The number of carbonyl (C=O) groups is 1. The lowest BCUT2D eigenvalue weighted by Gasteiger charge is -2.05. The molecule has 1 aromatic carbocycles. The number of furan rings is 1. The van der Waals surface area contributed by atoms with Crippen LogP contribution in [0.3, 0.4) is 0 Å². The Morgan fingerprint density at radius 1 is 1.22 bits per heavy atom. The van der Waals surface area contributed by atoms with Gasteiger partial charge >= 0.3 is 5.97 Å². The van der Waals surface area contributed by atoms with Crippen molar-refractivity contribution in [3.63, 3.8) is 0 Å². The molecule has 3 aromatic rings. The van der Waals surface area contributed by atoms with E-state index in [-0.39, 0.29) is 0 Å². The van der Waals surface area contributed by atoms with Gasteiger partial charge in [0.15, 0.2) is 0 Å². The van der Waals surface area contributed by atoms with E-state index < -0.39 is 5.97 Å². The highest BCUT2D eigenvalue weighted by molar-refractivity contribution is 5.97. The van der Waals surface area contributed by atoms with Gasteiger partial charge in [-0.25, -0.2) is 4.79 Å². The Morgan fingerprint density at radius 3 is 2.61 bits per heavy atom. The summed E-state index contributed by atoms with van der Waals surface area (Å²) >= 11 is 0. The van der Waals surface area contributed by atoms with Gasteiger partial charge in [-0.1, -0.05) is 12.1 Å². The largest absolute Gasteiger partial charge is 0.497 e. The first kappa shape index (κ1) is 15.0. The second-order valence-electron chi connectivity index (χ2n) is 4.90. The Kier molecular flexibility index (Phi) is 4.19. The van der Waals surface area contributed by atoms with Gasteiger partial charge in [-0.05, 0) is 42.8 Å². The molecule has 0 aliphatic rings. The van der Waals surface area contributed by atoms with Crippen LogP contribution in [0.4, 0.5) is 0 Å². The molecular weight excluding hydrogens is 294 g/mol. The molecule has 3 rings (SSSR count). The summed E-state index contributed by atoms with van der Waals surface area (Å²) in [6, 6.07) is 13.0. The SMILES string of the molecule is CCOC(=O)c1[nH]c(-c2ccco2)cc1-c1ccc(OC)cc1. The second-order valence-corrected chi connectivity index (χ2v) is 4.90. The normalized spacial score (nSPS) is 10.5. The maximum Gasteiger partial charge on any atom is 0.355 e. The monoisotopic (exact) mass is 311 g/mol. The van der Waals surface area contributed by atoms with Crippen molar-refractivity contribution >= 4 is 5.97 Å². The summed E-state index contributed by atoms with van der Waals surface area (Å²) < 4.78 is 15.7. The number of rotatable bonds is 5. The van der Waals surface area contributed by atoms with Crippen LogP contribution < -0.4 is 4.74 Å². The summed E-state index contributed by atoms with van der Waals surface area (Å²) in [7, 11) is 1.62. The summed E-state index contributed by atoms with van der Waals surface area (Å²) in [5, 5.41) is 0. The zero-order valence-corrected chi connectivity index (χ0v) is 13.0. The van der Waals surface area contributed by atoms with Gasteiger partial charge in [0.25, 0.3) is 0 Å². The van der Waals surface area contributed by atoms with E-state index in [0.29, 0.717) is 18.1 Å². The molecule has 0 saturated heterocycles. The van der Waals surface area contributed by atoms with Crippen LogP contribution in [0.1, 0.15) is 17.4 Å². The minimum atomic E-state index is -0.392. The standard InChI is InChI=1S/C18H17NO4/c1-3-22-18(20)17-14(12-6-8-13(21-2)9-7-12)11-15(19-17)16-5-4-10-23-16/h4-11,19H,3H2,1-2H3. The van der Waals surface area contributed by atoms with E-state index in [9.17, 15) is 4.79 Å². The van der Waals surface area contributed by atoms with Crippen LogP contribution in [-0.2, 0) is 4.74 Å². The summed E-state index contributed by atoms with van der Waals surface area (Å²) in [6.07, 6.45) is 1.59. The number of hydrogen-bond acceptors (Lipinski definition) is 4.